The maximum atomic E-state index is 11.5. The first kappa shape index (κ1) is 24.9. The lowest BCUT2D eigenvalue weighted by atomic mass is 9.90. The summed E-state index contributed by atoms with van der Waals surface area (Å²) < 4.78 is 10.7. The molecule has 162 valence electrons. The third-order valence-electron chi connectivity index (χ3n) is 5.50. The van der Waals surface area contributed by atoms with Gasteiger partial charge in [-0.1, -0.05) is 50.5 Å². The second-order valence-corrected chi connectivity index (χ2v) is 8.27. The molecule has 1 N–H and O–H groups in total. The molecule has 0 aliphatic heterocycles. The Labute approximate surface area is 172 Å². The molecule has 0 radical (unpaired) electrons. The Kier molecular flexibility index (Phi) is 13.2. The van der Waals surface area contributed by atoms with Crippen LogP contribution in [0.5, 0.6) is 0 Å². The lowest BCUT2D eigenvalue weighted by molar-refractivity contribution is -0.147. The van der Waals surface area contributed by atoms with Crippen molar-refractivity contribution in [1.82, 2.24) is 0 Å². The van der Waals surface area contributed by atoms with Crippen LogP contribution >= 0.6 is 0 Å². The summed E-state index contributed by atoms with van der Waals surface area (Å²) in [4.78, 5) is 11.5. The number of allylic oxidation sites excluding steroid dienone is 3. The molecule has 4 unspecified atom stereocenters. The van der Waals surface area contributed by atoms with Gasteiger partial charge in [0.25, 0.3) is 0 Å². The Hall–Kier alpha value is -1.13. The van der Waals surface area contributed by atoms with Gasteiger partial charge in [0, 0.05) is 13.5 Å². The van der Waals surface area contributed by atoms with Crippen LogP contribution in [-0.4, -0.2) is 36.5 Å². The van der Waals surface area contributed by atoms with Crippen molar-refractivity contribution < 1.29 is 19.4 Å². The Morgan fingerprint density at radius 1 is 1.18 bits per heavy atom. The monoisotopic (exact) mass is 394 g/mol. The highest BCUT2D eigenvalue weighted by Crippen LogP contribution is 2.36. The molecule has 0 aromatic carbocycles. The summed E-state index contributed by atoms with van der Waals surface area (Å²) in [6, 6.07) is 0. The summed E-state index contributed by atoms with van der Waals surface area (Å²) in [5.74, 6) is 0.586. The second kappa shape index (κ2) is 14.8. The molecule has 0 bridgehead atoms. The highest BCUT2D eigenvalue weighted by molar-refractivity contribution is 5.69. The number of hydrogen-bond donors (Lipinski definition) is 1. The van der Waals surface area contributed by atoms with E-state index in [4.69, 9.17) is 9.47 Å². The van der Waals surface area contributed by atoms with Crippen LogP contribution < -0.4 is 0 Å². The van der Waals surface area contributed by atoms with E-state index in [0.717, 1.165) is 38.5 Å². The largest absolute Gasteiger partial charge is 0.463 e. The number of unbranched alkanes of at least 4 members (excludes halogenated alkanes) is 3. The molecule has 0 saturated heterocycles. The van der Waals surface area contributed by atoms with Gasteiger partial charge in [-0.25, -0.2) is 0 Å². The minimum atomic E-state index is -0.221. The van der Waals surface area contributed by atoms with Crippen LogP contribution in [0.1, 0.15) is 85.0 Å². The average Bonchev–Trinajstić information content (AvgIpc) is 3.00. The fourth-order valence-corrected chi connectivity index (χ4v) is 3.86. The fourth-order valence-electron chi connectivity index (χ4n) is 3.86. The summed E-state index contributed by atoms with van der Waals surface area (Å²) >= 11 is 0. The summed E-state index contributed by atoms with van der Waals surface area (Å²) in [7, 11) is 1.78. The van der Waals surface area contributed by atoms with Gasteiger partial charge >= 0.3 is 5.97 Å². The summed E-state index contributed by atoms with van der Waals surface area (Å²) in [5, 5.41) is 10.4. The van der Waals surface area contributed by atoms with Crippen molar-refractivity contribution in [3.8, 4) is 0 Å². The van der Waals surface area contributed by atoms with Crippen LogP contribution in [0.15, 0.2) is 24.3 Å². The van der Waals surface area contributed by atoms with Gasteiger partial charge in [0.2, 0.25) is 0 Å². The van der Waals surface area contributed by atoms with E-state index in [-0.39, 0.29) is 30.2 Å². The quantitative estimate of drug-likeness (QED) is 0.237. The molecule has 1 fully saturated rings. The Balaban J connectivity index is 2.37. The molecule has 1 rings (SSSR count). The van der Waals surface area contributed by atoms with Crippen LogP contribution in [0.4, 0.5) is 0 Å². The molecule has 1 aliphatic rings. The highest BCUT2D eigenvalue weighted by atomic mass is 16.5. The zero-order chi connectivity index (χ0) is 20.8. The van der Waals surface area contributed by atoms with Gasteiger partial charge in [0.15, 0.2) is 0 Å². The first-order chi connectivity index (χ1) is 13.5. The lowest BCUT2D eigenvalue weighted by Gasteiger charge is -2.19. The van der Waals surface area contributed by atoms with Gasteiger partial charge in [0.05, 0.1) is 18.3 Å². The molecule has 0 amide bonds. The zero-order valence-corrected chi connectivity index (χ0v) is 18.4. The van der Waals surface area contributed by atoms with Crippen molar-refractivity contribution in [2.45, 2.75) is 103 Å². The summed E-state index contributed by atoms with van der Waals surface area (Å²) in [6.07, 6.45) is 18.4. The molecule has 0 heterocycles. The molecule has 1 saturated carbocycles. The van der Waals surface area contributed by atoms with Gasteiger partial charge in [-0.15, -0.1) is 0 Å². The van der Waals surface area contributed by atoms with Crippen LogP contribution in [0, 0.1) is 11.8 Å². The van der Waals surface area contributed by atoms with E-state index in [2.05, 4.69) is 31.2 Å². The SMILES string of the molecule is CCCCCC(C=CC1CCC(O)C1CC=CCCCC(=O)OC(C)C)OC. The number of ether oxygens (including phenoxy) is 2. The number of aliphatic hydroxyl groups is 1. The molecule has 28 heavy (non-hydrogen) atoms. The predicted octanol–water partition coefficient (Wildman–Crippen LogP) is 5.59. The average molecular weight is 395 g/mol. The molecule has 4 heteroatoms. The van der Waals surface area contributed by atoms with Crippen LogP contribution in [0.2, 0.25) is 0 Å². The van der Waals surface area contributed by atoms with E-state index in [0.29, 0.717) is 12.3 Å². The standard InChI is InChI=1S/C24H42O4/c1-5-6-9-12-21(27-4)17-15-20-16-18-23(25)22(20)13-10-7-8-11-14-24(26)28-19(2)3/h7,10,15,17,19-23,25H,5-6,8-9,11-14,16,18H2,1-4H3. The Bertz CT molecular complexity index is 469. The Morgan fingerprint density at radius 2 is 1.96 bits per heavy atom. The minimum Gasteiger partial charge on any atom is -0.463 e. The van der Waals surface area contributed by atoms with E-state index in [1.807, 2.05) is 13.8 Å². The zero-order valence-electron chi connectivity index (χ0n) is 18.4. The van der Waals surface area contributed by atoms with Gasteiger partial charge < -0.3 is 14.6 Å². The molecule has 0 aromatic rings. The molecule has 4 atom stereocenters. The topological polar surface area (TPSA) is 55.8 Å². The van der Waals surface area contributed by atoms with Gasteiger partial charge in [0.1, 0.15) is 0 Å². The molecule has 0 aromatic heterocycles. The van der Waals surface area contributed by atoms with Crippen LogP contribution in [-0.2, 0) is 14.3 Å². The number of hydrogen-bond acceptors (Lipinski definition) is 4. The molecule has 0 spiro atoms. The number of carbonyl (C=O) groups is 1. The second-order valence-electron chi connectivity index (χ2n) is 8.27. The number of aliphatic hydroxyl groups excluding tert-OH is 1. The third kappa shape index (κ3) is 10.4. The first-order valence-corrected chi connectivity index (χ1v) is 11.2. The van der Waals surface area contributed by atoms with Crippen molar-refractivity contribution in [2.75, 3.05) is 7.11 Å². The number of carbonyl (C=O) groups excluding carboxylic acids is 1. The summed E-state index contributed by atoms with van der Waals surface area (Å²) in [5.41, 5.74) is 0. The van der Waals surface area contributed by atoms with E-state index >= 15 is 0 Å². The van der Waals surface area contributed by atoms with E-state index in [9.17, 15) is 9.90 Å². The van der Waals surface area contributed by atoms with Crippen molar-refractivity contribution in [3.63, 3.8) is 0 Å². The maximum Gasteiger partial charge on any atom is 0.306 e. The van der Waals surface area contributed by atoms with E-state index in [1.165, 1.54) is 19.3 Å². The number of esters is 1. The van der Waals surface area contributed by atoms with E-state index in [1.54, 1.807) is 7.11 Å². The van der Waals surface area contributed by atoms with Crippen molar-refractivity contribution in [2.24, 2.45) is 11.8 Å². The normalized spacial score (nSPS) is 23.9. The number of methoxy groups -OCH3 is 1. The Morgan fingerprint density at radius 3 is 2.64 bits per heavy atom. The third-order valence-corrected chi connectivity index (χ3v) is 5.50. The number of rotatable bonds is 14. The van der Waals surface area contributed by atoms with Crippen molar-refractivity contribution >= 4 is 5.97 Å². The molecular formula is C24H42O4. The van der Waals surface area contributed by atoms with Crippen LogP contribution in [0.3, 0.4) is 0 Å². The molecule has 1 aliphatic carbocycles. The maximum absolute atomic E-state index is 11.5. The van der Waals surface area contributed by atoms with Gasteiger partial charge in [-0.05, 0) is 64.2 Å². The predicted molar refractivity (Wildman–Crippen MR) is 115 cm³/mol. The summed E-state index contributed by atoms with van der Waals surface area (Å²) in [6.45, 7) is 5.96. The van der Waals surface area contributed by atoms with Crippen molar-refractivity contribution in [1.29, 1.82) is 0 Å². The highest BCUT2D eigenvalue weighted by Gasteiger charge is 2.32. The smallest absolute Gasteiger partial charge is 0.306 e. The lowest BCUT2D eigenvalue weighted by Crippen LogP contribution is -2.18. The van der Waals surface area contributed by atoms with Gasteiger partial charge in [-0.3, -0.25) is 4.79 Å². The fraction of sp³-hybridized carbons (Fsp3) is 0.792. The van der Waals surface area contributed by atoms with E-state index < -0.39 is 0 Å². The minimum absolute atomic E-state index is 0.0405. The van der Waals surface area contributed by atoms with Gasteiger partial charge in [-0.2, -0.15) is 0 Å². The molecule has 4 nitrogen and oxygen atoms in total. The van der Waals surface area contributed by atoms with Crippen LogP contribution in [0.25, 0.3) is 0 Å². The van der Waals surface area contributed by atoms with Crippen molar-refractivity contribution in [3.05, 3.63) is 24.3 Å². The first-order valence-electron chi connectivity index (χ1n) is 11.2. The molecular weight excluding hydrogens is 352 g/mol.